The number of fused-ring (bicyclic) bond motifs is 5. The molecule has 2 aliphatic heterocycles. The Kier molecular flexibility index (Phi) is 5.22. The Bertz CT molecular complexity index is 1300. The molecule has 8 heteroatoms. The molecule has 1 aromatic carbocycles. The lowest BCUT2D eigenvalue weighted by atomic mass is 10.00. The molecule has 4 heterocycles. The third-order valence-electron chi connectivity index (χ3n) is 6.00. The van der Waals surface area contributed by atoms with Crippen molar-refractivity contribution >= 4 is 22.8 Å². The third kappa shape index (κ3) is 3.46. The van der Waals surface area contributed by atoms with Crippen LogP contribution < -0.4 is 11.3 Å². The summed E-state index contributed by atoms with van der Waals surface area (Å²) < 4.78 is 12.3. The molecule has 164 valence electrons. The van der Waals surface area contributed by atoms with Gasteiger partial charge in [-0.25, -0.2) is 9.78 Å². The number of unbranched alkanes of at least 4 members (excludes halogenated alkanes) is 2. The molecule has 1 atom stereocenters. The SMILES string of the molecule is NCCCCCC(=O)OC1C(=O)OCc2c1cc1n(c2=O)Cc2cc3ccccc3nc2-1. The second-order valence-electron chi connectivity index (χ2n) is 8.12. The van der Waals surface area contributed by atoms with Gasteiger partial charge >= 0.3 is 11.9 Å². The predicted molar refractivity (Wildman–Crippen MR) is 117 cm³/mol. The van der Waals surface area contributed by atoms with Crippen LogP contribution in [0, 0.1) is 0 Å². The maximum atomic E-state index is 13.2. The Morgan fingerprint density at radius 1 is 1.19 bits per heavy atom. The standard InChI is InChI=1S/C24H23N3O5/c25-9-5-1-2-8-20(28)32-22-16-11-19-21-15(10-14-6-3-4-7-18(14)26-21)12-27(19)23(29)17(16)13-31-24(22)30/h3-4,6-7,10-11,22H,1-2,5,8-9,12-13,25H2. The molecule has 0 radical (unpaired) electrons. The minimum Gasteiger partial charge on any atom is -0.458 e. The van der Waals surface area contributed by atoms with Gasteiger partial charge in [-0.3, -0.25) is 9.59 Å². The zero-order valence-corrected chi connectivity index (χ0v) is 17.5. The predicted octanol–water partition coefficient (Wildman–Crippen LogP) is 2.59. The van der Waals surface area contributed by atoms with Crippen LogP contribution in [0.2, 0.25) is 0 Å². The quantitative estimate of drug-likeness (QED) is 0.367. The van der Waals surface area contributed by atoms with Crippen LogP contribution in [0.25, 0.3) is 22.3 Å². The van der Waals surface area contributed by atoms with Gasteiger partial charge in [0.15, 0.2) is 0 Å². The molecular weight excluding hydrogens is 410 g/mol. The summed E-state index contributed by atoms with van der Waals surface area (Å²) in [7, 11) is 0. The summed E-state index contributed by atoms with van der Waals surface area (Å²) in [5, 5.41) is 0.997. The van der Waals surface area contributed by atoms with Gasteiger partial charge < -0.3 is 19.8 Å². The molecule has 5 rings (SSSR count). The molecule has 32 heavy (non-hydrogen) atoms. The van der Waals surface area contributed by atoms with Crippen LogP contribution in [0.15, 0.2) is 41.2 Å². The normalized spacial score (nSPS) is 16.3. The van der Waals surface area contributed by atoms with Crippen LogP contribution in [0.3, 0.4) is 0 Å². The van der Waals surface area contributed by atoms with E-state index in [9.17, 15) is 14.4 Å². The molecule has 2 N–H and O–H groups in total. The van der Waals surface area contributed by atoms with E-state index in [1.807, 2.05) is 30.3 Å². The van der Waals surface area contributed by atoms with Crippen molar-refractivity contribution in [3.63, 3.8) is 0 Å². The number of rotatable bonds is 6. The van der Waals surface area contributed by atoms with Gasteiger partial charge in [-0.1, -0.05) is 24.6 Å². The van der Waals surface area contributed by atoms with Crippen LogP contribution in [-0.2, 0) is 32.2 Å². The first-order chi connectivity index (χ1) is 15.6. The van der Waals surface area contributed by atoms with E-state index in [4.69, 9.17) is 20.2 Å². The van der Waals surface area contributed by atoms with Crippen molar-refractivity contribution in [3.8, 4) is 11.4 Å². The molecule has 0 amide bonds. The number of esters is 2. The van der Waals surface area contributed by atoms with E-state index in [1.165, 1.54) is 0 Å². The minimum atomic E-state index is -1.25. The van der Waals surface area contributed by atoms with E-state index in [0.717, 1.165) is 29.3 Å². The fraction of sp³-hybridized carbons (Fsp3) is 0.333. The third-order valence-corrected chi connectivity index (χ3v) is 6.00. The van der Waals surface area contributed by atoms with Crippen molar-refractivity contribution < 1.29 is 19.1 Å². The molecule has 2 aromatic heterocycles. The number of cyclic esters (lactones) is 1. The summed E-state index contributed by atoms with van der Waals surface area (Å²) in [5.74, 6) is -1.16. The van der Waals surface area contributed by atoms with Crippen molar-refractivity contribution in [2.75, 3.05) is 6.54 Å². The Morgan fingerprint density at radius 2 is 2.03 bits per heavy atom. The van der Waals surface area contributed by atoms with E-state index in [0.29, 0.717) is 42.0 Å². The van der Waals surface area contributed by atoms with Crippen molar-refractivity contribution in [1.82, 2.24) is 9.55 Å². The maximum absolute atomic E-state index is 13.2. The number of nitrogens with two attached hydrogens (primary N) is 1. The second-order valence-corrected chi connectivity index (χ2v) is 8.12. The highest BCUT2D eigenvalue weighted by atomic mass is 16.6. The Morgan fingerprint density at radius 3 is 2.88 bits per heavy atom. The molecule has 0 saturated heterocycles. The molecule has 0 aliphatic carbocycles. The van der Waals surface area contributed by atoms with Gasteiger partial charge in [-0.2, -0.15) is 0 Å². The van der Waals surface area contributed by atoms with Crippen LogP contribution in [0.4, 0.5) is 0 Å². The minimum absolute atomic E-state index is 0.135. The monoisotopic (exact) mass is 433 g/mol. The summed E-state index contributed by atoms with van der Waals surface area (Å²) in [4.78, 5) is 42.8. The molecule has 3 aromatic rings. The largest absolute Gasteiger partial charge is 0.458 e. The summed E-state index contributed by atoms with van der Waals surface area (Å²) in [6.07, 6.45) is 1.19. The number of hydrogen-bond acceptors (Lipinski definition) is 7. The van der Waals surface area contributed by atoms with Gasteiger partial charge in [0.2, 0.25) is 6.10 Å². The second kappa shape index (κ2) is 8.20. The van der Waals surface area contributed by atoms with Crippen LogP contribution in [0.5, 0.6) is 0 Å². The summed E-state index contributed by atoms with van der Waals surface area (Å²) in [5.41, 5.74) is 9.03. The smallest absolute Gasteiger partial charge is 0.352 e. The molecule has 0 fully saturated rings. The molecule has 0 spiro atoms. The first kappa shape index (κ1) is 20.4. The highest BCUT2D eigenvalue weighted by molar-refractivity contribution is 5.85. The lowest BCUT2D eigenvalue weighted by molar-refractivity contribution is -0.171. The van der Waals surface area contributed by atoms with Gasteiger partial charge in [0, 0.05) is 22.9 Å². The average molecular weight is 433 g/mol. The number of carbonyl (C=O) groups is 2. The molecule has 0 saturated carbocycles. The number of nitrogens with zero attached hydrogens (tertiary/aromatic N) is 2. The van der Waals surface area contributed by atoms with Gasteiger partial charge in [0.05, 0.1) is 29.0 Å². The zero-order valence-electron chi connectivity index (χ0n) is 17.5. The molecular formula is C24H23N3O5. The average Bonchev–Trinajstić information content (AvgIpc) is 3.15. The van der Waals surface area contributed by atoms with E-state index in [1.54, 1.807) is 10.6 Å². The van der Waals surface area contributed by atoms with Crippen LogP contribution in [-0.4, -0.2) is 28.0 Å². The fourth-order valence-corrected chi connectivity index (χ4v) is 4.35. The molecule has 1 unspecified atom stereocenters. The topological polar surface area (TPSA) is 114 Å². The lowest BCUT2D eigenvalue weighted by Gasteiger charge is -2.25. The van der Waals surface area contributed by atoms with Crippen LogP contribution in [0.1, 0.15) is 48.5 Å². The van der Waals surface area contributed by atoms with E-state index in [2.05, 4.69) is 0 Å². The highest BCUT2D eigenvalue weighted by Crippen LogP contribution is 2.36. The fourth-order valence-electron chi connectivity index (χ4n) is 4.35. The molecule has 8 nitrogen and oxygen atoms in total. The number of benzene rings is 1. The number of carbonyl (C=O) groups excluding carboxylic acids is 2. The molecule has 2 aliphatic rings. The Balaban J connectivity index is 1.51. The van der Waals surface area contributed by atoms with Crippen molar-refractivity contribution in [2.45, 2.75) is 44.9 Å². The first-order valence-electron chi connectivity index (χ1n) is 10.8. The number of pyridine rings is 2. The Labute approximate surface area is 184 Å². The summed E-state index contributed by atoms with van der Waals surface area (Å²) in [6.45, 7) is 0.828. The highest BCUT2D eigenvalue weighted by Gasteiger charge is 2.37. The van der Waals surface area contributed by atoms with Gasteiger partial charge in [0.25, 0.3) is 5.56 Å². The van der Waals surface area contributed by atoms with Crippen molar-refractivity contribution in [1.29, 1.82) is 0 Å². The van der Waals surface area contributed by atoms with Crippen molar-refractivity contribution in [2.24, 2.45) is 5.73 Å². The maximum Gasteiger partial charge on any atom is 0.352 e. The van der Waals surface area contributed by atoms with Crippen molar-refractivity contribution in [3.05, 3.63) is 63.4 Å². The van der Waals surface area contributed by atoms with E-state index < -0.39 is 18.0 Å². The first-order valence-corrected chi connectivity index (χ1v) is 10.8. The number of aromatic nitrogens is 2. The van der Waals surface area contributed by atoms with Gasteiger partial charge in [-0.05, 0) is 37.6 Å². The van der Waals surface area contributed by atoms with Gasteiger partial charge in [-0.15, -0.1) is 0 Å². The number of hydrogen-bond donors (Lipinski definition) is 1. The van der Waals surface area contributed by atoms with E-state index in [-0.39, 0.29) is 18.6 Å². The number of ether oxygens (including phenoxy) is 2. The van der Waals surface area contributed by atoms with E-state index >= 15 is 0 Å². The summed E-state index contributed by atoms with van der Waals surface area (Å²) >= 11 is 0. The molecule has 0 bridgehead atoms. The Hall–Kier alpha value is -3.52. The van der Waals surface area contributed by atoms with Crippen LogP contribution >= 0.6 is 0 Å². The number of para-hydroxylation sites is 1. The zero-order chi connectivity index (χ0) is 22.2. The lowest BCUT2D eigenvalue weighted by Crippen LogP contribution is -2.34. The summed E-state index contributed by atoms with van der Waals surface area (Å²) in [6, 6.07) is 11.5. The van der Waals surface area contributed by atoms with Gasteiger partial charge in [0.1, 0.15) is 6.61 Å².